The number of halogens is 1. The number of benzene rings is 1. The highest BCUT2D eigenvalue weighted by atomic mass is 35.5. The van der Waals surface area contributed by atoms with Crippen molar-refractivity contribution in [2.75, 3.05) is 11.4 Å². The van der Waals surface area contributed by atoms with Gasteiger partial charge in [-0.25, -0.2) is 9.97 Å². The first-order valence-electron chi connectivity index (χ1n) is 7.47. The minimum Gasteiger partial charge on any atom is -0.356 e. The number of nitrogens with zero attached hydrogens (tertiary/aromatic N) is 4. The van der Waals surface area contributed by atoms with E-state index in [1.165, 1.54) is 5.56 Å². The lowest BCUT2D eigenvalue weighted by Crippen LogP contribution is -2.31. The van der Waals surface area contributed by atoms with Gasteiger partial charge in [-0.2, -0.15) is 0 Å². The van der Waals surface area contributed by atoms with Crippen molar-refractivity contribution < 1.29 is 4.52 Å². The van der Waals surface area contributed by atoms with Crippen LogP contribution in [0.5, 0.6) is 0 Å². The Morgan fingerprint density at radius 1 is 1.17 bits per heavy atom. The van der Waals surface area contributed by atoms with E-state index in [0.29, 0.717) is 11.6 Å². The van der Waals surface area contributed by atoms with Gasteiger partial charge < -0.3 is 9.42 Å². The number of rotatable bonds is 2. The summed E-state index contributed by atoms with van der Waals surface area (Å²) in [4.78, 5) is 10.7. The van der Waals surface area contributed by atoms with Crippen molar-refractivity contribution in [2.45, 2.75) is 19.9 Å². The SMILES string of the molecule is Cc1cc(N2CCc3c(noc3-c3ccc(Cl)cc3)C2)ncn1. The van der Waals surface area contributed by atoms with E-state index in [2.05, 4.69) is 20.0 Å². The zero-order valence-electron chi connectivity index (χ0n) is 12.7. The molecule has 0 atom stereocenters. The molecule has 0 fully saturated rings. The van der Waals surface area contributed by atoms with E-state index >= 15 is 0 Å². The third-order valence-electron chi connectivity index (χ3n) is 4.06. The molecule has 6 heteroatoms. The monoisotopic (exact) mass is 326 g/mol. The van der Waals surface area contributed by atoms with Crippen LogP contribution in [-0.4, -0.2) is 21.7 Å². The second-order valence-corrected chi connectivity index (χ2v) is 6.07. The van der Waals surface area contributed by atoms with Crippen LogP contribution in [0.4, 0.5) is 5.82 Å². The highest BCUT2D eigenvalue weighted by Gasteiger charge is 2.25. The van der Waals surface area contributed by atoms with Gasteiger partial charge in [0.05, 0.1) is 6.54 Å². The lowest BCUT2D eigenvalue weighted by atomic mass is 10.0. The van der Waals surface area contributed by atoms with E-state index in [4.69, 9.17) is 16.1 Å². The van der Waals surface area contributed by atoms with Crippen molar-refractivity contribution in [3.8, 4) is 11.3 Å². The quantitative estimate of drug-likeness (QED) is 0.719. The maximum Gasteiger partial charge on any atom is 0.170 e. The van der Waals surface area contributed by atoms with E-state index in [1.54, 1.807) is 6.33 Å². The summed E-state index contributed by atoms with van der Waals surface area (Å²) in [5.74, 6) is 1.77. The smallest absolute Gasteiger partial charge is 0.170 e. The van der Waals surface area contributed by atoms with Crippen LogP contribution in [0.2, 0.25) is 5.02 Å². The van der Waals surface area contributed by atoms with Crippen LogP contribution in [0.1, 0.15) is 17.0 Å². The molecular weight excluding hydrogens is 312 g/mol. The summed E-state index contributed by atoms with van der Waals surface area (Å²) < 4.78 is 5.60. The highest BCUT2D eigenvalue weighted by Crippen LogP contribution is 2.32. The van der Waals surface area contributed by atoms with Gasteiger partial charge in [-0.3, -0.25) is 0 Å². The topological polar surface area (TPSA) is 55.1 Å². The molecule has 0 saturated carbocycles. The minimum atomic E-state index is 0.697. The van der Waals surface area contributed by atoms with E-state index in [-0.39, 0.29) is 0 Å². The van der Waals surface area contributed by atoms with Crippen molar-refractivity contribution in [1.82, 2.24) is 15.1 Å². The molecule has 5 nitrogen and oxygen atoms in total. The van der Waals surface area contributed by atoms with Gasteiger partial charge in [0.1, 0.15) is 17.8 Å². The Hall–Kier alpha value is -2.40. The third-order valence-corrected chi connectivity index (χ3v) is 4.31. The van der Waals surface area contributed by atoms with Gasteiger partial charge in [-0.1, -0.05) is 16.8 Å². The fourth-order valence-electron chi connectivity index (χ4n) is 2.87. The summed E-state index contributed by atoms with van der Waals surface area (Å²) in [6.07, 6.45) is 2.47. The Morgan fingerprint density at radius 3 is 2.78 bits per heavy atom. The number of fused-ring (bicyclic) bond motifs is 1. The lowest BCUT2D eigenvalue weighted by Gasteiger charge is -2.27. The van der Waals surface area contributed by atoms with Gasteiger partial charge in [0.25, 0.3) is 0 Å². The zero-order chi connectivity index (χ0) is 15.8. The number of aromatic nitrogens is 3. The number of aryl methyl sites for hydroxylation is 1. The lowest BCUT2D eigenvalue weighted by molar-refractivity contribution is 0.423. The van der Waals surface area contributed by atoms with Crippen LogP contribution in [0.15, 0.2) is 41.2 Å². The molecule has 2 aromatic heterocycles. The largest absolute Gasteiger partial charge is 0.356 e. The standard InChI is InChI=1S/C17H15ClN4O/c1-11-8-16(20-10-19-11)22-7-6-14-15(9-22)21-23-17(14)12-2-4-13(18)5-3-12/h2-5,8,10H,6-7,9H2,1H3. The predicted molar refractivity (Wildman–Crippen MR) is 88.5 cm³/mol. The highest BCUT2D eigenvalue weighted by molar-refractivity contribution is 6.30. The second-order valence-electron chi connectivity index (χ2n) is 5.63. The molecule has 0 saturated heterocycles. The van der Waals surface area contributed by atoms with Crippen LogP contribution >= 0.6 is 11.6 Å². The van der Waals surface area contributed by atoms with Gasteiger partial charge in [0.15, 0.2) is 5.76 Å². The van der Waals surface area contributed by atoms with Crippen LogP contribution in [0.3, 0.4) is 0 Å². The van der Waals surface area contributed by atoms with Gasteiger partial charge in [-0.15, -0.1) is 0 Å². The summed E-state index contributed by atoms with van der Waals surface area (Å²) in [7, 11) is 0. The van der Waals surface area contributed by atoms with Crippen molar-refractivity contribution in [3.05, 3.63) is 58.6 Å². The normalized spacial score (nSPS) is 13.9. The van der Waals surface area contributed by atoms with Crippen molar-refractivity contribution in [1.29, 1.82) is 0 Å². The minimum absolute atomic E-state index is 0.697. The Balaban J connectivity index is 1.63. The summed E-state index contributed by atoms with van der Waals surface area (Å²) in [5, 5.41) is 4.98. The molecule has 1 aromatic carbocycles. The second kappa shape index (κ2) is 5.66. The summed E-state index contributed by atoms with van der Waals surface area (Å²) in [6.45, 7) is 3.55. The first kappa shape index (κ1) is 14.2. The van der Waals surface area contributed by atoms with Gasteiger partial charge in [0.2, 0.25) is 0 Å². The van der Waals surface area contributed by atoms with Crippen LogP contribution in [0.25, 0.3) is 11.3 Å². The van der Waals surface area contributed by atoms with Crippen molar-refractivity contribution >= 4 is 17.4 Å². The van der Waals surface area contributed by atoms with E-state index in [1.807, 2.05) is 37.3 Å². The predicted octanol–water partition coefficient (Wildman–Crippen LogP) is 3.66. The van der Waals surface area contributed by atoms with E-state index in [0.717, 1.165) is 41.5 Å². The van der Waals surface area contributed by atoms with Gasteiger partial charge in [-0.05, 0) is 37.6 Å². The molecule has 0 N–H and O–H groups in total. The Bertz CT molecular complexity index is 844. The molecular formula is C17H15ClN4O. The number of hydrogen-bond acceptors (Lipinski definition) is 5. The molecule has 0 spiro atoms. The third kappa shape index (κ3) is 2.68. The van der Waals surface area contributed by atoms with Crippen LogP contribution in [-0.2, 0) is 13.0 Å². The molecule has 0 bridgehead atoms. The summed E-state index contributed by atoms with van der Waals surface area (Å²) >= 11 is 5.95. The van der Waals surface area contributed by atoms with Crippen molar-refractivity contribution in [3.63, 3.8) is 0 Å². The molecule has 0 radical (unpaired) electrons. The molecule has 0 unspecified atom stereocenters. The molecule has 3 heterocycles. The average molecular weight is 327 g/mol. The molecule has 23 heavy (non-hydrogen) atoms. The molecule has 116 valence electrons. The molecule has 0 aliphatic carbocycles. The summed E-state index contributed by atoms with van der Waals surface area (Å²) in [5.41, 5.74) is 4.11. The fourth-order valence-corrected chi connectivity index (χ4v) is 2.99. The molecule has 4 rings (SSSR count). The van der Waals surface area contributed by atoms with Crippen LogP contribution < -0.4 is 4.90 Å². The van der Waals surface area contributed by atoms with Gasteiger partial charge in [0, 0.05) is 34.5 Å². The number of hydrogen-bond donors (Lipinski definition) is 0. The molecule has 1 aliphatic rings. The van der Waals surface area contributed by atoms with Crippen LogP contribution in [0, 0.1) is 6.92 Å². The Labute approximate surface area is 138 Å². The Morgan fingerprint density at radius 2 is 2.00 bits per heavy atom. The zero-order valence-corrected chi connectivity index (χ0v) is 13.4. The maximum atomic E-state index is 5.95. The van der Waals surface area contributed by atoms with Gasteiger partial charge >= 0.3 is 0 Å². The first-order chi connectivity index (χ1) is 11.2. The van der Waals surface area contributed by atoms with E-state index in [9.17, 15) is 0 Å². The fraction of sp³-hybridized carbons (Fsp3) is 0.235. The maximum absolute atomic E-state index is 5.95. The number of anilines is 1. The Kier molecular flexibility index (Phi) is 3.50. The molecule has 3 aromatic rings. The first-order valence-corrected chi connectivity index (χ1v) is 7.85. The average Bonchev–Trinajstić information content (AvgIpc) is 2.99. The molecule has 1 aliphatic heterocycles. The van der Waals surface area contributed by atoms with Crippen molar-refractivity contribution in [2.24, 2.45) is 0 Å². The van der Waals surface area contributed by atoms with E-state index < -0.39 is 0 Å². The summed E-state index contributed by atoms with van der Waals surface area (Å²) in [6, 6.07) is 9.65. The molecule has 0 amide bonds.